The van der Waals surface area contributed by atoms with Crippen molar-refractivity contribution < 1.29 is 42.9 Å². The maximum atomic E-state index is 12.9. The predicted octanol–water partition coefficient (Wildman–Crippen LogP) is 3.58. The average Bonchev–Trinajstić information content (AvgIpc) is 3.23. The lowest BCUT2D eigenvalue weighted by molar-refractivity contribution is -0.187. The minimum atomic E-state index is -1.40. The summed E-state index contributed by atoms with van der Waals surface area (Å²) in [6.45, 7) is 0.796. The molecule has 0 unspecified atom stereocenters. The molecule has 4 rings (SSSR count). The van der Waals surface area contributed by atoms with E-state index >= 15 is 0 Å². The van der Waals surface area contributed by atoms with Crippen molar-refractivity contribution in [2.75, 3.05) is 6.61 Å². The molecule has 1 aliphatic heterocycles. The van der Waals surface area contributed by atoms with Gasteiger partial charge < -0.3 is 23.7 Å². The molecule has 9 nitrogen and oxygen atoms in total. The summed E-state index contributed by atoms with van der Waals surface area (Å²) < 4.78 is 27.7. The molecule has 9 heteroatoms. The average molecular weight is 504 g/mol. The molecule has 1 saturated heterocycles. The van der Waals surface area contributed by atoms with Crippen molar-refractivity contribution in [3.05, 3.63) is 108 Å². The molecule has 4 atom stereocenters. The molecule has 0 bridgehead atoms. The third-order valence-electron chi connectivity index (χ3n) is 5.44. The molecule has 0 saturated carbocycles. The van der Waals surface area contributed by atoms with Crippen LogP contribution in [0.25, 0.3) is 0 Å². The lowest BCUT2D eigenvalue weighted by Crippen LogP contribution is -2.42. The fourth-order valence-electron chi connectivity index (χ4n) is 3.70. The Morgan fingerprint density at radius 1 is 0.622 bits per heavy atom. The van der Waals surface area contributed by atoms with E-state index in [1.165, 1.54) is 0 Å². The smallest absolute Gasteiger partial charge is 0.338 e. The maximum Gasteiger partial charge on any atom is 0.338 e. The van der Waals surface area contributed by atoms with Crippen LogP contribution >= 0.6 is 0 Å². The highest BCUT2D eigenvalue weighted by atomic mass is 16.8. The Kier molecular flexibility index (Phi) is 8.27. The van der Waals surface area contributed by atoms with E-state index in [1.54, 1.807) is 91.0 Å². The molecule has 190 valence electrons. The Balaban J connectivity index is 1.58. The fourth-order valence-corrected chi connectivity index (χ4v) is 3.70. The molecule has 0 amide bonds. The van der Waals surface area contributed by atoms with Crippen LogP contribution in [0.5, 0.6) is 0 Å². The summed E-state index contributed by atoms with van der Waals surface area (Å²) in [6.07, 6.45) is -5.09. The van der Waals surface area contributed by atoms with Crippen LogP contribution < -0.4 is 0 Å². The number of carbonyl (C=O) groups is 4. The van der Waals surface area contributed by atoms with E-state index in [-0.39, 0.29) is 17.7 Å². The van der Waals surface area contributed by atoms with Gasteiger partial charge >= 0.3 is 23.9 Å². The summed E-state index contributed by atoms with van der Waals surface area (Å²) in [5.74, 6) is -2.81. The second-order valence-corrected chi connectivity index (χ2v) is 8.09. The van der Waals surface area contributed by atoms with Gasteiger partial charge in [-0.3, -0.25) is 4.79 Å². The van der Waals surface area contributed by atoms with E-state index in [4.69, 9.17) is 23.7 Å². The van der Waals surface area contributed by atoms with Crippen LogP contribution in [0.2, 0.25) is 0 Å². The first kappa shape index (κ1) is 25.6. The van der Waals surface area contributed by atoms with Crippen LogP contribution in [-0.2, 0) is 28.5 Å². The molecular formula is C28H24O9. The monoisotopic (exact) mass is 504 g/mol. The number of hydrogen-bond donors (Lipinski definition) is 0. The minimum Gasteiger partial charge on any atom is -0.459 e. The van der Waals surface area contributed by atoms with Gasteiger partial charge in [-0.05, 0) is 36.4 Å². The van der Waals surface area contributed by atoms with Crippen LogP contribution in [0.3, 0.4) is 0 Å². The van der Waals surface area contributed by atoms with Gasteiger partial charge in [-0.15, -0.1) is 0 Å². The van der Waals surface area contributed by atoms with Crippen molar-refractivity contribution in [1.82, 2.24) is 0 Å². The number of rotatable bonds is 8. The molecule has 3 aromatic rings. The van der Waals surface area contributed by atoms with Crippen molar-refractivity contribution in [2.45, 2.75) is 31.5 Å². The Bertz CT molecular complexity index is 1230. The van der Waals surface area contributed by atoms with E-state index in [2.05, 4.69) is 0 Å². The number of esters is 4. The molecule has 0 aromatic heterocycles. The van der Waals surface area contributed by atoms with E-state index in [0.717, 1.165) is 6.92 Å². The second-order valence-electron chi connectivity index (χ2n) is 8.09. The third kappa shape index (κ3) is 6.59. The Hall–Kier alpha value is -4.50. The summed E-state index contributed by atoms with van der Waals surface area (Å²) in [5, 5.41) is 0. The number of benzene rings is 3. The summed E-state index contributed by atoms with van der Waals surface area (Å²) in [5.41, 5.74) is 0.782. The molecule has 1 fully saturated rings. The van der Waals surface area contributed by atoms with Crippen molar-refractivity contribution in [3.63, 3.8) is 0 Å². The number of hydrogen-bond acceptors (Lipinski definition) is 9. The molecule has 0 spiro atoms. The third-order valence-corrected chi connectivity index (χ3v) is 5.44. The normalized spacial score (nSPS) is 20.5. The molecule has 37 heavy (non-hydrogen) atoms. The molecule has 1 aliphatic rings. The van der Waals surface area contributed by atoms with Gasteiger partial charge in [-0.2, -0.15) is 0 Å². The van der Waals surface area contributed by atoms with Gasteiger partial charge in [0.25, 0.3) is 0 Å². The topological polar surface area (TPSA) is 114 Å². The molecule has 0 radical (unpaired) electrons. The largest absolute Gasteiger partial charge is 0.459 e. The Labute approximate surface area is 212 Å². The van der Waals surface area contributed by atoms with E-state index in [1.807, 2.05) is 0 Å². The molecule has 0 N–H and O–H groups in total. The standard InChI is InChI=1S/C28H24O9/c1-18(29)34-28-24(37-27(32)21-15-9-4-10-16-21)23(36-26(31)20-13-7-3-8-14-20)22(35-28)17-33-25(30)19-11-5-2-6-12-19/h2-16,22-24,28H,17H2,1H3/t22-,23-,24+,28+/m1/s1. The first-order valence-corrected chi connectivity index (χ1v) is 11.5. The Morgan fingerprint density at radius 3 is 1.51 bits per heavy atom. The zero-order valence-electron chi connectivity index (χ0n) is 19.9. The quantitative estimate of drug-likeness (QED) is 0.335. The fraction of sp³-hybridized carbons (Fsp3) is 0.214. The SMILES string of the molecule is CC(=O)O[C@H]1O[C@H](COC(=O)c2ccccc2)[C@@H](OC(=O)c2ccccc2)[C@@H]1OC(=O)c1ccccc1. The van der Waals surface area contributed by atoms with Crippen molar-refractivity contribution in [3.8, 4) is 0 Å². The van der Waals surface area contributed by atoms with Crippen molar-refractivity contribution in [2.24, 2.45) is 0 Å². The maximum absolute atomic E-state index is 12.9. The highest BCUT2D eigenvalue weighted by Crippen LogP contribution is 2.30. The summed E-state index contributed by atoms with van der Waals surface area (Å²) in [7, 11) is 0. The van der Waals surface area contributed by atoms with Gasteiger partial charge in [0.1, 0.15) is 12.7 Å². The lowest BCUT2D eigenvalue weighted by atomic mass is 10.1. The van der Waals surface area contributed by atoms with E-state index in [0.29, 0.717) is 5.56 Å². The molecule has 0 aliphatic carbocycles. The van der Waals surface area contributed by atoms with Crippen LogP contribution in [0, 0.1) is 0 Å². The Morgan fingerprint density at radius 2 is 1.05 bits per heavy atom. The van der Waals surface area contributed by atoms with Gasteiger partial charge in [0.2, 0.25) is 12.4 Å². The van der Waals surface area contributed by atoms with Crippen LogP contribution in [0.4, 0.5) is 0 Å². The zero-order chi connectivity index (χ0) is 26.2. The second kappa shape index (κ2) is 12.0. The highest BCUT2D eigenvalue weighted by Gasteiger charge is 2.52. The van der Waals surface area contributed by atoms with Crippen LogP contribution in [-0.4, -0.2) is 55.1 Å². The van der Waals surface area contributed by atoms with Crippen LogP contribution in [0.15, 0.2) is 91.0 Å². The predicted molar refractivity (Wildman–Crippen MR) is 128 cm³/mol. The van der Waals surface area contributed by atoms with Crippen molar-refractivity contribution in [1.29, 1.82) is 0 Å². The first-order valence-electron chi connectivity index (χ1n) is 11.5. The first-order chi connectivity index (χ1) is 17.9. The van der Waals surface area contributed by atoms with Gasteiger partial charge in [-0.25, -0.2) is 14.4 Å². The summed E-state index contributed by atoms with van der Waals surface area (Å²) in [4.78, 5) is 50.0. The minimum absolute atomic E-state index is 0.233. The van der Waals surface area contributed by atoms with Gasteiger partial charge in [-0.1, -0.05) is 54.6 Å². The zero-order valence-corrected chi connectivity index (χ0v) is 19.9. The van der Waals surface area contributed by atoms with E-state index < -0.39 is 48.5 Å². The summed E-state index contributed by atoms with van der Waals surface area (Å²) in [6, 6.07) is 24.6. The van der Waals surface area contributed by atoms with Gasteiger partial charge in [0.05, 0.1) is 16.7 Å². The number of carbonyl (C=O) groups excluding carboxylic acids is 4. The number of ether oxygens (including phenoxy) is 5. The molecule has 3 aromatic carbocycles. The van der Waals surface area contributed by atoms with Crippen LogP contribution in [0.1, 0.15) is 38.0 Å². The summed E-state index contributed by atoms with van der Waals surface area (Å²) >= 11 is 0. The molecule has 1 heterocycles. The highest BCUT2D eigenvalue weighted by molar-refractivity contribution is 5.91. The lowest BCUT2D eigenvalue weighted by Gasteiger charge is -2.24. The van der Waals surface area contributed by atoms with Gasteiger partial charge in [0.15, 0.2) is 6.10 Å². The van der Waals surface area contributed by atoms with Gasteiger partial charge in [0, 0.05) is 6.92 Å². The molecular weight excluding hydrogens is 480 g/mol. The van der Waals surface area contributed by atoms with E-state index in [9.17, 15) is 19.2 Å². The van der Waals surface area contributed by atoms with Crippen molar-refractivity contribution >= 4 is 23.9 Å².